The van der Waals surface area contributed by atoms with Gasteiger partial charge in [-0.1, -0.05) is 31.4 Å². The van der Waals surface area contributed by atoms with E-state index in [1.165, 1.54) is 37.6 Å². The van der Waals surface area contributed by atoms with E-state index in [1.807, 2.05) is 6.07 Å². The van der Waals surface area contributed by atoms with Crippen molar-refractivity contribution in [2.45, 2.75) is 38.1 Å². The van der Waals surface area contributed by atoms with Gasteiger partial charge in [0.15, 0.2) is 5.82 Å². The Morgan fingerprint density at radius 3 is 2.69 bits per heavy atom. The number of para-hydroxylation sites is 1. The van der Waals surface area contributed by atoms with Gasteiger partial charge < -0.3 is 5.73 Å². The standard InChI is InChI=1S/C13H17N3/c14-13-11-8-4-5-9-12(11)16(15-13)10-6-2-1-3-7-10/h4-5,8-10H,1-3,6-7H2,(H2,14,15). The fraction of sp³-hybridized carbons (Fsp3) is 0.462. The Hall–Kier alpha value is -1.51. The Balaban J connectivity index is 2.08. The zero-order valence-electron chi connectivity index (χ0n) is 9.39. The molecule has 1 aliphatic carbocycles. The van der Waals surface area contributed by atoms with Crippen molar-refractivity contribution in [2.24, 2.45) is 0 Å². The van der Waals surface area contributed by atoms with Crippen LogP contribution in [0.15, 0.2) is 24.3 Å². The molecule has 1 aromatic heterocycles. The van der Waals surface area contributed by atoms with E-state index in [1.54, 1.807) is 0 Å². The van der Waals surface area contributed by atoms with E-state index >= 15 is 0 Å². The van der Waals surface area contributed by atoms with Gasteiger partial charge in [0, 0.05) is 5.39 Å². The van der Waals surface area contributed by atoms with E-state index in [2.05, 4.69) is 28.0 Å². The third kappa shape index (κ3) is 1.47. The van der Waals surface area contributed by atoms with Crippen LogP contribution in [-0.4, -0.2) is 9.78 Å². The lowest BCUT2D eigenvalue weighted by Crippen LogP contribution is -2.14. The lowest BCUT2D eigenvalue weighted by molar-refractivity contribution is 0.338. The Morgan fingerprint density at radius 2 is 1.88 bits per heavy atom. The van der Waals surface area contributed by atoms with E-state index in [0.29, 0.717) is 11.9 Å². The number of aromatic nitrogens is 2. The van der Waals surface area contributed by atoms with Crippen LogP contribution >= 0.6 is 0 Å². The SMILES string of the molecule is Nc1nn(C2CCCCC2)c2ccccc12. The van der Waals surface area contributed by atoms with Crippen LogP contribution in [0.4, 0.5) is 5.82 Å². The molecule has 0 atom stereocenters. The average Bonchev–Trinajstić information content (AvgIpc) is 2.69. The lowest BCUT2D eigenvalue weighted by Gasteiger charge is -2.22. The Kier molecular flexibility index (Phi) is 2.31. The maximum absolute atomic E-state index is 5.95. The molecule has 1 aliphatic rings. The Morgan fingerprint density at radius 1 is 1.12 bits per heavy atom. The first-order valence-electron chi connectivity index (χ1n) is 6.09. The van der Waals surface area contributed by atoms with Gasteiger partial charge in [0.05, 0.1) is 11.6 Å². The Bertz CT molecular complexity index is 495. The van der Waals surface area contributed by atoms with Gasteiger partial charge in [-0.25, -0.2) is 0 Å². The van der Waals surface area contributed by atoms with Gasteiger partial charge in [0.25, 0.3) is 0 Å². The van der Waals surface area contributed by atoms with Crippen LogP contribution in [0.2, 0.25) is 0 Å². The van der Waals surface area contributed by atoms with Crippen molar-refractivity contribution in [3.05, 3.63) is 24.3 Å². The third-order valence-electron chi connectivity index (χ3n) is 3.56. The van der Waals surface area contributed by atoms with Gasteiger partial charge in [0.1, 0.15) is 0 Å². The van der Waals surface area contributed by atoms with Gasteiger partial charge in [-0.15, -0.1) is 0 Å². The smallest absolute Gasteiger partial charge is 0.153 e. The van der Waals surface area contributed by atoms with Crippen LogP contribution in [0.5, 0.6) is 0 Å². The fourth-order valence-electron chi connectivity index (χ4n) is 2.72. The fourth-order valence-corrected chi connectivity index (χ4v) is 2.72. The largest absolute Gasteiger partial charge is 0.382 e. The van der Waals surface area contributed by atoms with Gasteiger partial charge in [0.2, 0.25) is 0 Å². The van der Waals surface area contributed by atoms with E-state index in [-0.39, 0.29) is 0 Å². The normalized spacial score (nSPS) is 18.0. The van der Waals surface area contributed by atoms with E-state index < -0.39 is 0 Å². The molecule has 2 aromatic rings. The number of hydrogen-bond acceptors (Lipinski definition) is 2. The first-order chi connectivity index (χ1) is 7.86. The van der Waals surface area contributed by atoms with E-state index in [4.69, 9.17) is 5.73 Å². The summed E-state index contributed by atoms with van der Waals surface area (Å²) in [6.45, 7) is 0. The summed E-state index contributed by atoms with van der Waals surface area (Å²) in [7, 11) is 0. The molecular weight excluding hydrogens is 198 g/mol. The van der Waals surface area contributed by atoms with Crippen molar-refractivity contribution in [3.8, 4) is 0 Å². The third-order valence-corrected chi connectivity index (χ3v) is 3.56. The van der Waals surface area contributed by atoms with Crippen molar-refractivity contribution in [3.63, 3.8) is 0 Å². The molecule has 84 valence electrons. The number of nitrogens with two attached hydrogens (primary N) is 1. The molecule has 0 amide bonds. The molecule has 3 nitrogen and oxygen atoms in total. The highest BCUT2D eigenvalue weighted by Crippen LogP contribution is 2.32. The molecule has 3 rings (SSSR count). The van der Waals surface area contributed by atoms with Crippen molar-refractivity contribution < 1.29 is 0 Å². The van der Waals surface area contributed by atoms with Crippen molar-refractivity contribution >= 4 is 16.7 Å². The summed E-state index contributed by atoms with van der Waals surface area (Å²) in [6.07, 6.45) is 6.49. The summed E-state index contributed by atoms with van der Waals surface area (Å²) in [4.78, 5) is 0. The second kappa shape index (κ2) is 3.81. The first kappa shape index (κ1) is 9.70. The van der Waals surface area contributed by atoms with E-state index in [9.17, 15) is 0 Å². The summed E-state index contributed by atoms with van der Waals surface area (Å²) in [5.41, 5.74) is 7.14. The van der Waals surface area contributed by atoms with E-state index in [0.717, 1.165) is 5.39 Å². The van der Waals surface area contributed by atoms with Crippen LogP contribution in [-0.2, 0) is 0 Å². The number of nitrogen functional groups attached to an aromatic ring is 1. The zero-order chi connectivity index (χ0) is 11.0. The molecule has 0 bridgehead atoms. The number of hydrogen-bond donors (Lipinski definition) is 1. The molecule has 0 saturated heterocycles. The maximum Gasteiger partial charge on any atom is 0.153 e. The second-order valence-corrected chi connectivity index (χ2v) is 4.64. The number of rotatable bonds is 1. The quantitative estimate of drug-likeness (QED) is 0.794. The summed E-state index contributed by atoms with van der Waals surface area (Å²) in [5.74, 6) is 0.668. The minimum atomic E-state index is 0.552. The molecule has 1 fully saturated rings. The second-order valence-electron chi connectivity index (χ2n) is 4.64. The van der Waals surface area contributed by atoms with Crippen LogP contribution in [0.3, 0.4) is 0 Å². The molecule has 16 heavy (non-hydrogen) atoms. The number of fused-ring (bicyclic) bond motifs is 1. The van der Waals surface area contributed by atoms with Gasteiger partial charge >= 0.3 is 0 Å². The lowest BCUT2D eigenvalue weighted by atomic mass is 9.95. The summed E-state index contributed by atoms with van der Waals surface area (Å²) >= 11 is 0. The summed E-state index contributed by atoms with van der Waals surface area (Å²) < 4.78 is 2.14. The van der Waals surface area contributed by atoms with Gasteiger partial charge in [-0.05, 0) is 25.0 Å². The van der Waals surface area contributed by atoms with Crippen molar-refractivity contribution in [1.29, 1.82) is 0 Å². The molecule has 0 unspecified atom stereocenters. The van der Waals surface area contributed by atoms with Crippen LogP contribution in [0, 0.1) is 0 Å². The zero-order valence-corrected chi connectivity index (χ0v) is 9.39. The number of anilines is 1. The van der Waals surface area contributed by atoms with Gasteiger partial charge in [-0.3, -0.25) is 4.68 Å². The van der Waals surface area contributed by atoms with Crippen LogP contribution < -0.4 is 5.73 Å². The highest BCUT2D eigenvalue weighted by atomic mass is 15.3. The highest BCUT2D eigenvalue weighted by molar-refractivity contribution is 5.89. The number of benzene rings is 1. The van der Waals surface area contributed by atoms with Crippen molar-refractivity contribution in [1.82, 2.24) is 9.78 Å². The molecule has 1 saturated carbocycles. The molecule has 0 spiro atoms. The molecule has 0 radical (unpaired) electrons. The number of nitrogens with zero attached hydrogens (tertiary/aromatic N) is 2. The average molecular weight is 215 g/mol. The molecule has 2 N–H and O–H groups in total. The van der Waals surface area contributed by atoms with Crippen LogP contribution in [0.1, 0.15) is 38.1 Å². The minimum absolute atomic E-state index is 0.552. The van der Waals surface area contributed by atoms with Crippen LogP contribution in [0.25, 0.3) is 10.9 Å². The predicted octanol–water partition coefficient (Wildman–Crippen LogP) is 3.12. The summed E-state index contributed by atoms with van der Waals surface area (Å²) in [6, 6.07) is 8.80. The van der Waals surface area contributed by atoms with Gasteiger partial charge in [-0.2, -0.15) is 5.10 Å². The highest BCUT2D eigenvalue weighted by Gasteiger charge is 2.18. The topological polar surface area (TPSA) is 43.8 Å². The molecule has 1 heterocycles. The first-order valence-corrected chi connectivity index (χ1v) is 6.09. The Labute approximate surface area is 95.2 Å². The predicted molar refractivity (Wildman–Crippen MR) is 66.3 cm³/mol. The summed E-state index contributed by atoms with van der Waals surface area (Å²) in [5, 5.41) is 5.60. The molecule has 1 aromatic carbocycles. The minimum Gasteiger partial charge on any atom is -0.382 e. The molecule has 3 heteroatoms. The monoisotopic (exact) mass is 215 g/mol. The molecular formula is C13H17N3. The van der Waals surface area contributed by atoms with Crippen molar-refractivity contribution in [2.75, 3.05) is 5.73 Å². The maximum atomic E-state index is 5.95. The molecule has 0 aliphatic heterocycles.